The lowest BCUT2D eigenvalue weighted by atomic mass is 10.1. The Balaban J connectivity index is 1.42. The summed E-state index contributed by atoms with van der Waals surface area (Å²) in [5.74, 6) is 2.26. The van der Waals surface area contributed by atoms with Gasteiger partial charge in [-0.3, -0.25) is 4.79 Å². The monoisotopic (exact) mass is 416 g/mol. The summed E-state index contributed by atoms with van der Waals surface area (Å²) in [6.07, 6.45) is 1.49. The fourth-order valence-electron chi connectivity index (χ4n) is 2.46. The number of nitrogens with one attached hydrogen (secondary N) is 1. The molecule has 1 heterocycles. The first-order chi connectivity index (χ1) is 13.7. The molecule has 1 saturated heterocycles. The topological polar surface area (TPSA) is 77.0 Å². The number of methoxy groups -OCH3 is 1. The second-order valence-corrected chi connectivity index (χ2v) is 8.56. The average Bonchev–Trinajstić information content (AvgIpc) is 3.27. The Morgan fingerprint density at radius 1 is 1.11 bits per heavy atom. The fourth-order valence-corrected chi connectivity index (χ4v) is 5.31. The summed E-state index contributed by atoms with van der Waals surface area (Å²) in [6.45, 7) is -0.120. The van der Waals surface area contributed by atoms with Crippen LogP contribution in [0.1, 0.15) is 26.1 Å². The van der Waals surface area contributed by atoms with Gasteiger partial charge in [0.25, 0.3) is 5.91 Å². The van der Waals surface area contributed by atoms with E-state index in [1.807, 2.05) is 47.8 Å². The molecule has 2 aromatic rings. The van der Waals surface area contributed by atoms with Crippen LogP contribution in [-0.2, 0) is 9.53 Å². The third kappa shape index (κ3) is 5.77. The number of esters is 1. The van der Waals surface area contributed by atoms with Gasteiger partial charge >= 0.3 is 5.97 Å². The van der Waals surface area contributed by atoms with Crippen molar-refractivity contribution in [2.45, 2.75) is 4.58 Å². The Kier molecular flexibility index (Phi) is 7.39. The number of hydrogen-bond acceptors (Lipinski definition) is 7. The highest BCUT2D eigenvalue weighted by Gasteiger charge is 2.17. The van der Waals surface area contributed by atoms with Gasteiger partial charge in [0, 0.05) is 11.5 Å². The Morgan fingerprint density at radius 2 is 1.79 bits per heavy atom. The summed E-state index contributed by atoms with van der Waals surface area (Å²) in [6, 6.07) is 14.5. The minimum atomic E-state index is -0.400. The molecule has 0 unspecified atom stereocenters. The van der Waals surface area contributed by atoms with Crippen LogP contribution >= 0.6 is 23.5 Å². The number of ether oxygens (including phenoxy) is 2. The lowest BCUT2D eigenvalue weighted by Crippen LogP contribution is -2.24. The number of nitrogens with zero attached hydrogens (tertiary/aromatic N) is 1. The molecule has 2 aromatic carbocycles. The van der Waals surface area contributed by atoms with Gasteiger partial charge < -0.3 is 9.47 Å². The molecule has 0 aliphatic carbocycles. The van der Waals surface area contributed by atoms with Crippen molar-refractivity contribution in [1.29, 1.82) is 0 Å². The number of carbonyl (C=O) groups is 2. The van der Waals surface area contributed by atoms with Crippen LogP contribution in [0.2, 0.25) is 0 Å². The lowest BCUT2D eigenvalue weighted by Gasteiger charge is -2.10. The van der Waals surface area contributed by atoms with E-state index in [-0.39, 0.29) is 12.5 Å². The van der Waals surface area contributed by atoms with Crippen molar-refractivity contribution in [2.75, 3.05) is 25.2 Å². The summed E-state index contributed by atoms with van der Waals surface area (Å²) in [7, 11) is 1.33. The average molecular weight is 417 g/mol. The van der Waals surface area contributed by atoms with Gasteiger partial charge in [-0.25, -0.2) is 10.2 Å². The first-order valence-corrected chi connectivity index (χ1v) is 10.7. The molecule has 8 heteroatoms. The number of carbonyl (C=O) groups excluding carboxylic acids is 2. The van der Waals surface area contributed by atoms with Crippen molar-refractivity contribution >= 4 is 41.6 Å². The van der Waals surface area contributed by atoms with E-state index in [1.165, 1.54) is 30.4 Å². The molecular weight excluding hydrogens is 396 g/mol. The van der Waals surface area contributed by atoms with Gasteiger partial charge in [0.2, 0.25) is 0 Å². The number of hydrogen-bond donors (Lipinski definition) is 1. The van der Waals surface area contributed by atoms with E-state index in [0.29, 0.717) is 15.9 Å². The smallest absolute Gasteiger partial charge is 0.337 e. The zero-order valence-corrected chi connectivity index (χ0v) is 16.9. The maximum atomic E-state index is 11.8. The largest absolute Gasteiger partial charge is 0.484 e. The maximum Gasteiger partial charge on any atom is 0.337 e. The summed E-state index contributed by atoms with van der Waals surface area (Å²) in [5.41, 5.74) is 4.88. The van der Waals surface area contributed by atoms with Crippen LogP contribution in [-0.4, -0.2) is 43.3 Å². The third-order valence-electron chi connectivity index (χ3n) is 3.88. The molecule has 1 N–H and O–H groups in total. The van der Waals surface area contributed by atoms with Crippen molar-refractivity contribution in [3.8, 4) is 5.75 Å². The van der Waals surface area contributed by atoms with Gasteiger partial charge in [0.1, 0.15) is 5.75 Å². The molecule has 0 radical (unpaired) electrons. The molecule has 0 spiro atoms. The predicted molar refractivity (Wildman–Crippen MR) is 113 cm³/mol. The molecule has 0 saturated carbocycles. The second-order valence-electron chi connectivity index (χ2n) is 5.84. The SMILES string of the molecule is COC(=O)c1ccc(/C=N\NC(=O)COc2ccc(C3SCCS3)cc2)cc1. The molecule has 146 valence electrons. The third-order valence-corrected chi connectivity index (χ3v) is 6.98. The minimum absolute atomic E-state index is 0.120. The van der Waals surface area contributed by atoms with Crippen molar-refractivity contribution in [3.63, 3.8) is 0 Å². The molecule has 0 bridgehead atoms. The van der Waals surface area contributed by atoms with Crippen LogP contribution in [0, 0.1) is 0 Å². The quantitative estimate of drug-likeness (QED) is 0.423. The Morgan fingerprint density at radius 3 is 2.43 bits per heavy atom. The van der Waals surface area contributed by atoms with Crippen LogP contribution < -0.4 is 10.2 Å². The summed E-state index contributed by atoms with van der Waals surface area (Å²) >= 11 is 3.90. The molecule has 28 heavy (non-hydrogen) atoms. The zero-order chi connectivity index (χ0) is 19.8. The van der Waals surface area contributed by atoms with Crippen molar-refractivity contribution in [2.24, 2.45) is 5.10 Å². The highest BCUT2D eigenvalue weighted by molar-refractivity contribution is 8.19. The van der Waals surface area contributed by atoms with Gasteiger partial charge in [-0.2, -0.15) is 5.10 Å². The standard InChI is InChI=1S/C20H20N2O4S2/c1-25-19(24)15-4-2-14(3-5-15)12-21-22-18(23)13-26-17-8-6-16(7-9-17)20-27-10-11-28-20/h2-9,12,20H,10-11,13H2,1H3,(H,22,23)/b21-12-. The Bertz CT molecular complexity index is 832. The first kappa shape index (κ1) is 20.3. The van der Waals surface area contributed by atoms with Crippen molar-refractivity contribution < 1.29 is 19.1 Å². The summed E-state index contributed by atoms with van der Waals surface area (Å²) in [4.78, 5) is 23.2. The van der Waals surface area contributed by atoms with Crippen LogP contribution in [0.4, 0.5) is 0 Å². The lowest BCUT2D eigenvalue weighted by molar-refractivity contribution is -0.123. The van der Waals surface area contributed by atoms with Crippen LogP contribution in [0.25, 0.3) is 0 Å². The highest BCUT2D eigenvalue weighted by atomic mass is 32.2. The van der Waals surface area contributed by atoms with E-state index in [0.717, 1.165) is 5.56 Å². The fraction of sp³-hybridized carbons (Fsp3) is 0.250. The van der Waals surface area contributed by atoms with Crippen molar-refractivity contribution in [3.05, 3.63) is 65.2 Å². The molecule has 0 atom stereocenters. The molecule has 6 nitrogen and oxygen atoms in total. The molecule has 1 amide bonds. The minimum Gasteiger partial charge on any atom is -0.484 e. The number of amides is 1. The maximum absolute atomic E-state index is 11.8. The van der Waals surface area contributed by atoms with Gasteiger partial charge in [0.15, 0.2) is 6.61 Å². The number of hydrazone groups is 1. The highest BCUT2D eigenvalue weighted by Crippen LogP contribution is 2.45. The summed E-state index contributed by atoms with van der Waals surface area (Å²) in [5, 5.41) is 3.89. The van der Waals surface area contributed by atoms with Gasteiger partial charge in [-0.05, 0) is 35.4 Å². The van der Waals surface area contributed by atoms with E-state index in [2.05, 4.69) is 15.3 Å². The van der Waals surface area contributed by atoms with E-state index in [1.54, 1.807) is 24.3 Å². The Hall–Kier alpha value is -2.45. The first-order valence-electron chi connectivity index (χ1n) is 8.62. The van der Waals surface area contributed by atoms with E-state index < -0.39 is 5.97 Å². The molecule has 0 aromatic heterocycles. The number of benzene rings is 2. The van der Waals surface area contributed by atoms with E-state index >= 15 is 0 Å². The molecular formula is C20H20N2O4S2. The van der Waals surface area contributed by atoms with Gasteiger partial charge in [0.05, 0.1) is 23.5 Å². The van der Waals surface area contributed by atoms with E-state index in [4.69, 9.17) is 4.74 Å². The van der Waals surface area contributed by atoms with E-state index in [9.17, 15) is 9.59 Å². The molecule has 1 aliphatic rings. The predicted octanol–water partition coefficient (Wildman–Crippen LogP) is 3.48. The molecule has 1 fully saturated rings. The van der Waals surface area contributed by atoms with Gasteiger partial charge in [-0.15, -0.1) is 23.5 Å². The number of rotatable bonds is 7. The Labute approximate surface area is 172 Å². The van der Waals surface area contributed by atoms with Crippen molar-refractivity contribution in [1.82, 2.24) is 5.43 Å². The molecule has 1 aliphatic heterocycles. The van der Waals surface area contributed by atoms with Crippen LogP contribution in [0.15, 0.2) is 53.6 Å². The number of thioether (sulfide) groups is 2. The van der Waals surface area contributed by atoms with Crippen LogP contribution in [0.3, 0.4) is 0 Å². The second kappa shape index (κ2) is 10.2. The zero-order valence-electron chi connectivity index (χ0n) is 15.3. The summed E-state index contributed by atoms with van der Waals surface area (Å²) < 4.78 is 10.6. The molecule has 3 rings (SSSR count). The van der Waals surface area contributed by atoms with Crippen LogP contribution in [0.5, 0.6) is 5.75 Å². The normalized spacial score (nSPS) is 14.2. The van der Waals surface area contributed by atoms with Gasteiger partial charge in [-0.1, -0.05) is 24.3 Å².